The van der Waals surface area contributed by atoms with E-state index in [0.717, 1.165) is 25.3 Å². The van der Waals surface area contributed by atoms with Gasteiger partial charge in [-0.25, -0.2) is 0 Å². The zero-order valence-corrected chi connectivity index (χ0v) is 6.66. The highest BCUT2D eigenvalue weighted by Gasteiger charge is 2.46. The number of nitrogens with zero attached hydrogens (tertiary/aromatic N) is 1. The van der Waals surface area contributed by atoms with Crippen molar-refractivity contribution in [3.05, 3.63) is 0 Å². The largest absolute Gasteiger partial charge is 0.480 e. The molecule has 62 valence electrons. The van der Waals surface area contributed by atoms with Crippen LogP contribution >= 0.6 is 0 Å². The molecule has 11 heavy (non-hydrogen) atoms. The number of rotatable bonds is 1. The Hall–Kier alpha value is -0.570. The quantitative estimate of drug-likeness (QED) is 0.596. The Balaban J connectivity index is 2.10. The average molecular weight is 155 g/mol. The molecule has 3 heteroatoms. The number of likely N-dealkylation sites (N-methyl/N-ethyl adjacent to an activating group) is 1. The fourth-order valence-corrected chi connectivity index (χ4v) is 2.47. The van der Waals surface area contributed by atoms with Crippen LogP contribution in [0.4, 0.5) is 0 Å². The maximum atomic E-state index is 10.8. The van der Waals surface area contributed by atoms with Crippen molar-refractivity contribution >= 4 is 5.97 Å². The smallest absolute Gasteiger partial charge is 0.321 e. The number of carbonyl (C=O) groups is 1. The molecule has 1 aliphatic carbocycles. The fourth-order valence-electron chi connectivity index (χ4n) is 2.47. The molecule has 0 aromatic heterocycles. The van der Waals surface area contributed by atoms with Gasteiger partial charge in [0.1, 0.15) is 6.04 Å². The zero-order valence-electron chi connectivity index (χ0n) is 6.66. The van der Waals surface area contributed by atoms with Gasteiger partial charge in [-0.3, -0.25) is 9.69 Å². The maximum absolute atomic E-state index is 10.8. The van der Waals surface area contributed by atoms with Crippen molar-refractivity contribution < 1.29 is 9.90 Å². The van der Waals surface area contributed by atoms with Crippen LogP contribution in [0.15, 0.2) is 0 Å². The summed E-state index contributed by atoms with van der Waals surface area (Å²) in [7, 11) is 1.91. The number of carboxylic acids is 1. The van der Waals surface area contributed by atoms with E-state index in [4.69, 9.17) is 5.11 Å². The minimum Gasteiger partial charge on any atom is -0.480 e. The van der Waals surface area contributed by atoms with Gasteiger partial charge in [-0.15, -0.1) is 0 Å². The molecule has 1 saturated carbocycles. The van der Waals surface area contributed by atoms with Crippen LogP contribution in [0.1, 0.15) is 12.8 Å². The van der Waals surface area contributed by atoms with Gasteiger partial charge in [0, 0.05) is 6.54 Å². The summed E-state index contributed by atoms with van der Waals surface area (Å²) in [6.45, 7) is 0.980. The number of hydrogen-bond acceptors (Lipinski definition) is 2. The van der Waals surface area contributed by atoms with Gasteiger partial charge in [-0.2, -0.15) is 0 Å². The molecule has 0 spiro atoms. The lowest BCUT2D eigenvalue weighted by atomic mass is 9.67. The van der Waals surface area contributed by atoms with Crippen molar-refractivity contribution in [3.8, 4) is 0 Å². The fraction of sp³-hybridized carbons (Fsp3) is 0.875. The van der Waals surface area contributed by atoms with Crippen LogP contribution in [0.3, 0.4) is 0 Å². The molecule has 0 aromatic carbocycles. The molecule has 3 fully saturated rings. The topological polar surface area (TPSA) is 40.5 Å². The van der Waals surface area contributed by atoms with E-state index in [1.54, 1.807) is 0 Å². The second-order valence-corrected chi connectivity index (χ2v) is 3.82. The maximum Gasteiger partial charge on any atom is 0.321 e. The molecule has 3 aliphatic rings. The molecule has 3 rings (SSSR count). The molecule has 2 bridgehead atoms. The molecular weight excluding hydrogens is 142 g/mol. The zero-order chi connectivity index (χ0) is 8.01. The molecule has 0 radical (unpaired) electrons. The Morgan fingerprint density at radius 1 is 1.55 bits per heavy atom. The Morgan fingerprint density at radius 3 is 2.55 bits per heavy atom. The van der Waals surface area contributed by atoms with E-state index in [1.807, 2.05) is 11.9 Å². The molecule has 3 nitrogen and oxygen atoms in total. The van der Waals surface area contributed by atoms with E-state index in [-0.39, 0.29) is 6.04 Å². The lowest BCUT2D eigenvalue weighted by Crippen LogP contribution is -2.57. The third kappa shape index (κ3) is 0.948. The number of aliphatic carboxylic acids is 1. The van der Waals surface area contributed by atoms with Gasteiger partial charge < -0.3 is 5.11 Å². The van der Waals surface area contributed by atoms with Crippen molar-refractivity contribution in [1.29, 1.82) is 0 Å². The second kappa shape index (κ2) is 2.21. The van der Waals surface area contributed by atoms with Crippen LogP contribution in [0.25, 0.3) is 0 Å². The van der Waals surface area contributed by atoms with Crippen LogP contribution in [0, 0.1) is 11.8 Å². The summed E-state index contributed by atoms with van der Waals surface area (Å²) in [5, 5.41) is 8.86. The average Bonchev–Trinajstić information content (AvgIpc) is 1.83. The van der Waals surface area contributed by atoms with E-state index in [1.165, 1.54) is 0 Å². The van der Waals surface area contributed by atoms with Gasteiger partial charge in [-0.1, -0.05) is 0 Å². The summed E-state index contributed by atoms with van der Waals surface area (Å²) in [5.74, 6) is 0.590. The summed E-state index contributed by atoms with van der Waals surface area (Å²) in [4.78, 5) is 12.7. The first-order chi connectivity index (χ1) is 5.18. The van der Waals surface area contributed by atoms with Crippen LogP contribution in [0.2, 0.25) is 0 Å². The molecular formula is C8H13NO2. The molecule has 1 unspecified atom stereocenters. The van der Waals surface area contributed by atoms with E-state index >= 15 is 0 Å². The standard InChI is InChI=1S/C8H13NO2/c1-9-4-5-2-6(3-5)7(9)8(10)11/h5-7H,2-4H2,1H3,(H,10,11). The third-order valence-corrected chi connectivity index (χ3v) is 2.99. The highest BCUT2D eigenvalue weighted by atomic mass is 16.4. The molecule has 1 atom stereocenters. The molecule has 2 heterocycles. The van der Waals surface area contributed by atoms with Crippen molar-refractivity contribution in [2.75, 3.05) is 13.6 Å². The van der Waals surface area contributed by atoms with E-state index in [0.29, 0.717) is 5.92 Å². The number of hydrogen-bond donors (Lipinski definition) is 1. The molecule has 0 aromatic rings. The van der Waals surface area contributed by atoms with E-state index in [9.17, 15) is 4.79 Å². The summed E-state index contributed by atoms with van der Waals surface area (Å²) in [6.07, 6.45) is 2.28. The van der Waals surface area contributed by atoms with Gasteiger partial charge in [0.25, 0.3) is 0 Å². The Bertz CT molecular complexity index is 185. The van der Waals surface area contributed by atoms with Gasteiger partial charge in [-0.05, 0) is 31.7 Å². The SMILES string of the molecule is CN1CC2CC(C2)C1C(=O)O. The predicted molar refractivity (Wildman–Crippen MR) is 40.3 cm³/mol. The van der Waals surface area contributed by atoms with Crippen molar-refractivity contribution in [2.45, 2.75) is 18.9 Å². The molecule has 1 N–H and O–H groups in total. The Morgan fingerprint density at radius 2 is 2.18 bits per heavy atom. The van der Waals surface area contributed by atoms with Gasteiger partial charge in [0.15, 0.2) is 0 Å². The lowest BCUT2D eigenvalue weighted by Gasteiger charge is -2.49. The predicted octanol–water partition coefficient (Wildman–Crippen LogP) is 0.411. The summed E-state index contributed by atoms with van der Waals surface area (Å²) in [6, 6.07) is -0.194. The summed E-state index contributed by atoms with van der Waals surface area (Å²) >= 11 is 0. The van der Waals surface area contributed by atoms with Crippen molar-refractivity contribution in [2.24, 2.45) is 11.8 Å². The number of piperidine rings is 2. The summed E-state index contributed by atoms with van der Waals surface area (Å²) in [5.41, 5.74) is 0. The third-order valence-electron chi connectivity index (χ3n) is 2.99. The van der Waals surface area contributed by atoms with Crippen molar-refractivity contribution in [1.82, 2.24) is 4.90 Å². The van der Waals surface area contributed by atoms with E-state index < -0.39 is 5.97 Å². The highest BCUT2D eigenvalue weighted by molar-refractivity contribution is 5.74. The first-order valence-corrected chi connectivity index (χ1v) is 4.11. The molecule has 2 aliphatic heterocycles. The van der Waals surface area contributed by atoms with Crippen LogP contribution in [-0.4, -0.2) is 35.6 Å². The normalized spacial score (nSPS) is 43.2. The Labute approximate surface area is 66.0 Å². The van der Waals surface area contributed by atoms with Gasteiger partial charge in [0.05, 0.1) is 0 Å². The van der Waals surface area contributed by atoms with Crippen molar-refractivity contribution in [3.63, 3.8) is 0 Å². The Kier molecular flexibility index (Phi) is 1.42. The first-order valence-electron chi connectivity index (χ1n) is 4.11. The highest BCUT2D eigenvalue weighted by Crippen LogP contribution is 2.42. The minimum absolute atomic E-state index is 0.194. The molecule has 2 saturated heterocycles. The molecule has 0 amide bonds. The summed E-state index contributed by atoms with van der Waals surface area (Å²) < 4.78 is 0. The second-order valence-electron chi connectivity index (χ2n) is 3.82. The lowest BCUT2D eigenvalue weighted by molar-refractivity contribution is -0.152. The van der Waals surface area contributed by atoms with Gasteiger partial charge >= 0.3 is 5.97 Å². The van der Waals surface area contributed by atoms with E-state index in [2.05, 4.69) is 0 Å². The van der Waals surface area contributed by atoms with Crippen LogP contribution in [0.5, 0.6) is 0 Å². The number of fused-ring (bicyclic) bond motifs is 2. The van der Waals surface area contributed by atoms with Crippen LogP contribution < -0.4 is 0 Å². The van der Waals surface area contributed by atoms with Gasteiger partial charge in [0.2, 0.25) is 0 Å². The minimum atomic E-state index is -0.643. The van der Waals surface area contributed by atoms with Crippen LogP contribution in [-0.2, 0) is 4.79 Å². The first kappa shape index (κ1) is 7.10. The number of carboxylic acid groups (broad SMARTS) is 1. The monoisotopic (exact) mass is 155 g/mol.